The highest BCUT2D eigenvalue weighted by Gasteiger charge is 2.21. The Labute approximate surface area is 147 Å². The van der Waals surface area contributed by atoms with Gasteiger partial charge in [-0.2, -0.15) is 4.98 Å². The van der Waals surface area contributed by atoms with Gasteiger partial charge < -0.3 is 14.8 Å². The van der Waals surface area contributed by atoms with Crippen molar-refractivity contribution in [3.63, 3.8) is 0 Å². The smallest absolute Gasteiger partial charge is 0.240 e. The van der Waals surface area contributed by atoms with Crippen molar-refractivity contribution in [2.45, 2.75) is 17.3 Å². The Morgan fingerprint density at radius 2 is 1.96 bits per heavy atom. The number of rotatable bonds is 5. The minimum Gasteiger partial charge on any atom is -0.461 e. The van der Waals surface area contributed by atoms with Crippen LogP contribution in [0, 0.1) is 0 Å². The molecule has 1 unspecified atom stereocenters. The van der Waals surface area contributed by atoms with E-state index in [0.717, 1.165) is 5.56 Å². The van der Waals surface area contributed by atoms with Crippen molar-refractivity contribution < 1.29 is 8.94 Å². The predicted molar refractivity (Wildman–Crippen MR) is 91.9 cm³/mol. The van der Waals surface area contributed by atoms with Gasteiger partial charge in [0.25, 0.3) is 0 Å². The van der Waals surface area contributed by atoms with Crippen molar-refractivity contribution >= 4 is 11.8 Å². The van der Waals surface area contributed by atoms with Crippen LogP contribution in [0.2, 0.25) is 0 Å². The predicted octanol–water partition coefficient (Wildman–Crippen LogP) is 3.16. The van der Waals surface area contributed by atoms with Crippen LogP contribution in [0.15, 0.2) is 62.8 Å². The summed E-state index contributed by atoms with van der Waals surface area (Å²) in [6, 6.07) is 13.2. The monoisotopic (exact) mass is 354 g/mol. The average molecular weight is 354 g/mol. The lowest BCUT2D eigenvalue weighted by Crippen LogP contribution is -2.11. The van der Waals surface area contributed by atoms with Crippen LogP contribution in [-0.2, 0) is 0 Å². The standard InChI is InChI=1S/C16H14N6O2S/c1-10(15-18-13(21-24-15)11-6-3-2-4-7-11)25-16-20-19-14(22(16)17)12-8-5-9-23-12/h2-10H,17H2,1H3. The first-order valence-corrected chi connectivity index (χ1v) is 8.40. The third-order valence-electron chi connectivity index (χ3n) is 3.51. The minimum atomic E-state index is -0.138. The molecule has 0 saturated carbocycles. The summed E-state index contributed by atoms with van der Waals surface area (Å²) >= 11 is 1.38. The topological polar surface area (TPSA) is 109 Å². The molecular formula is C16H14N6O2S. The number of hydrogen-bond donors (Lipinski definition) is 1. The Bertz CT molecular complexity index is 964. The minimum absolute atomic E-state index is 0.138. The second-order valence-corrected chi connectivity index (χ2v) is 6.54. The molecule has 1 aromatic carbocycles. The molecule has 0 fully saturated rings. The molecule has 8 nitrogen and oxygen atoms in total. The van der Waals surface area contributed by atoms with Crippen LogP contribution in [-0.4, -0.2) is 25.0 Å². The van der Waals surface area contributed by atoms with Crippen molar-refractivity contribution in [2.75, 3.05) is 5.84 Å². The lowest BCUT2D eigenvalue weighted by molar-refractivity contribution is 0.380. The number of nitrogens with zero attached hydrogens (tertiary/aromatic N) is 5. The van der Waals surface area contributed by atoms with Crippen LogP contribution < -0.4 is 5.84 Å². The van der Waals surface area contributed by atoms with Crippen LogP contribution in [0.25, 0.3) is 23.0 Å². The summed E-state index contributed by atoms with van der Waals surface area (Å²) in [4.78, 5) is 4.45. The van der Waals surface area contributed by atoms with Crippen LogP contribution >= 0.6 is 11.8 Å². The molecule has 0 spiro atoms. The fraction of sp³-hybridized carbons (Fsp3) is 0.125. The van der Waals surface area contributed by atoms with Crippen molar-refractivity contribution in [2.24, 2.45) is 0 Å². The quantitative estimate of drug-likeness (QED) is 0.430. The summed E-state index contributed by atoms with van der Waals surface area (Å²) in [6.07, 6.45) is 1.56. The van der Waals surface area contributed by atoms with Gasteiger partial charge in [-0.05, 0) is 19.1 Å². The van der Waals surface area contributed by atoms with E-state index in [4.69, 9.17) is 14.8 Å². The van der Waals surface area contributed by atoms with Crippen LogP contribution in [0.4, 0.5) is 0 Å². The number of furan rings is 1. The largest absolute Gasteiger partial charge is 0.461 e. The van der Waals surface area contributed by atoms with E-state index in [9.17, 15) is 0 Å². The Balaban J connectivity index is 1.53. The van der Waals surface area contributed by atoms with Gasteiger partial charge in [0, 0.05) is 5.56 Å². The molecule has 1 atom stereocenters. The van der Waals surface area contributed by atoms with E-state index in [0.29, 0.717) is 28.5 Å². The number of aromatic nitrogens is 5. The Kier molecular flexibility index (Phi) is 3.98. The molecule has 0 radical (unpaired) electrons. The summed E-state index contributed by atoms with van der Waals surface area (Å²) in [6.45, 7) is 1.94. The van der Waals surface area contributed by atoms with Crippen molar-refractivity contribution in [1.29, 1.82) is 0 Å². The molecule has 0 amide bonds. The highest BCUT2D eigenvalue weighted by atomic mass is 32.2. The fourth-order valence-corrected chi connectivity index (χ4v) is 3.05. The van der Waals surface area contributed by atoms with E-state index in [2.05, 4.69) is 20.3 Å². The molecule has 25 heavy (non-hydrogen) atoms. The van der Waals surface area contributed by atoms with Gasteiger partial charge in [0.2, 0.25) is 22.7 Å². The first kappa shape index (κ1) is 15.5. The maximum atomic E-state index is 6.06. The normalized spacial score (nSPS) is 12.4. The van der Waals surface area contributed by atoms with Crippen molar-refractivity contribution in [3.8, 4) is 23.0 Å². The zero-order valence-electron chi connectivity index (χ0n) is 13.2. The van der Waals surface area contributed by atoms with Crippen molar-refractivity contribution in [1.82, 2.24) is 25.0 Å². The number of hydrogen-bond acceptors (Lipinski definition) is 8. The van der Waals surface area contributed by atoms with Crippen molar-refractivity contribution in [3.05, 3.63) is 54.6 Å². The van der Waals surface area contributed by atoms with Crippen LogP contribution in [0.1, 0.15) is 18.1 Å². The lowest BCUT2D eigenvalue weighted by atomic mass is 10.2. The van der Waals surface area contributed by atoms with Crippen LogP contribution in [0.5, 0.6) is 0 Å². The second kappa shape index (κ2) is 6.44. The molecule has 0 saturated heterocycles. The molecule has 3 aromatic heterocycles. The van der Waals surface area contributed by atoms with E-state index < -0.39 is 0 Å². The van der Waals surface area contributed by atoms with Gasteiger partial charge in [0.1, 0.15) is 0 Å². The third-order valence-corrected chi connectivity index (χ3v) is 4.55. The molecule has 4 rings (SSSR count). The van der Waals surface area contributed by atoms with E-state index in [1.165, 1.54) is 16.4 Å². The summed E-state index contributed by atoms with van der Waals surface area (Å²) in [5.74, 6) is 8.11. The van der Waals surface area contributed by atoms with Gasteiger partial charge in [-0.1, -0.05) is 47.3 Å². The average Bonchev–Trinajstić information content (AvgIpc) is 3.37. The number of thioether (sulfide) groups is 1. The Hall–Kier alpha value is -3.07. The van der Waals surface area contributed by atoms with Gasteiger partial charge >= 0.3 is 0 Å². The maximum absolute atomic E-state index is 6.06. The summed E-state index contributed by atoms with van der Waals surface area (Å²) < 4.78 is 12.1. The first-order valence-electron chi connectivity index (χ1n) is 7.52. The zero-order valence-corrected chi connectivity index (χ0v) is 14.1. The highest BCUT2D eigenvalue weighted by Crippen LogP contribution is 2.34. The van der Waals surface area contributed by atoms with Gasteiger partial charge in [-0.25, -0.2) is 4.68 Å². The van der Waals surface area contributed by atoms with E-state index >= 15 is 0 Å². The number of nitrogens with two attached hydrogens (primary N) is 1. The van der Waals surface area contributed by atoms with Gasteiger partial charge in [-0.15, -0.1) is 10.2 Å². The fourth-order valence-electron chi connectivity index (χ4n) is 2.24. The Morgan fingerprint density at radius 1 is 1.12 bits per heavy atom. The molecule has 3 heterocycles. The number of benzene rings is 1. The molecule has 0 aliphatic heterocycles. The summed E-state index contributed by atoms with van der Waals surface area (Å²) in [5, 5.41) is 12.6. The molecule has 0 bridgehead atoms. The summed E-state index contributed by atoms with van der Waals surface area (Å²) in [7, 11) is 0. The molecule has 0 aliphatic rings. The van der Waals surface area contributed by atoms with Gasteiger partial charge in [-0.3, -0.25) is 0 Å². The SMILES string of the molecule is CC(Sc1nnc(-c2ccco2)n1N)c1nc(-c2ccccc2)no1. The van der Waals surface area contributed by atoms with Gasteiger partial charge in [0.05, 0.1) is 11.5 Å². The lowest BCUT2D eigenvalue weighted by Gasteiger charge is -2.05. The first-order chi connectivity index (χ1) is 12.2. The Morgan fingerprint density at radius 3 is 2.72 bits per heavy atom. The zero-order chi connectivity index (χ0) is 17.2. The van der Waals surface area contributed by atoms with Gasteiger partial charge in [0.15, 0.2) is 5.76 Å². The third kappa shape index (κ3) is 3.01. The molecule has 4 aromatic rings. The molecule has 126 valence electrons. The molecule has 0 aliphatic carbocycles. The van der Waals surface area contributed by atoms with E-state index in [-0.39, 0.29) is 5.25 Å². The molecule has 9 heteroatoms. The second-order valence-electron chi connectivity index (χ2n) is 5.24. The molecule has 2 N–H and O–H groups in total. The molecular weight excluding hydrogens is 340 g/mol. The van der Waals surface area contributed by atoms with E-state index in [1.54, 1.807) is 18.4 Å². The van der Waals surface area contributed by atoms with E-state index in [1.807, 2.05) is 37.3 Å². The summed E-state index contributed by atoms with van der Waals surface area (Å²) in [5.41, 5.74) is 0.900. The highest BCUT2D eigenvalue weighted by molar-refractivity contribution is 7.99. The van der Waals surface area contributed by atoms with Crippen LogP contribution in [0.3, 0.4) is 0 Å². The maximum Gasteiger partial charge on any atom is 0.240 e. The number of nitrogen functional groups attached to an aromatic ring is 1.